The van der Waals surface area contributed by atoms with Crippen LogP contribution in [0.5, 0.6) is 0 Å². The average Bonchev–Trinajstić information content (AvgIpc) is 2.63. The number of hydrogen-bond donors (Lipinski definition) is 0. The molecule has 1 heterocycles. The molecule has 0 saturated carbocycles. The van der Waals surface area contributed by atoms with Crippen LogP contribution in [0.2, 0.25) is 0 Å². The maximum absolute atomic E-state index is 11.5. The molecular weight excluding hydrogens is 272 g/mol. The fraction of sp³-hybridized carbons (Fsp3) is 0.467. The molecule has 0 saturated heterocycles. The Hall–Kier alpha value is -1.46. The van der Waals surface area contributed by atoms with Crippen LogP contribution in [-0.4, -0.2) is 34.4 Å². The number of benzene rings is 1. The van der Waals surface area contributed by atoms with E-state index in [1.807, 2.05) is 26.8 Å². The fourth-order valence-electron chi connectivity index (χ4n) is 1.97. The first kappa shape index (κ1) is 14.9. The molecule has 1 aliphatic rings. The normalized spacial score (nSPS) is 16.0. The second kappa shape index (κ2) is 5.50. The fourth-order valence-corrected chi connectivity index (χ4v) is 2.27. The molecule has 0 fully saturated rings. The first-order chi connectivity index (χ1) is 9.28. The van der Waals surface area contributed by atoms with E-state index in [1.165, 1.54) is 0 Å². The van der Waals surface area contributed by atoms with Crippen molar-refractivity contribution < 1.29 is 19.1 Å². The van der Waals surface area contributed by atoms with Gasteiger partial charge in [-0.1, -0.05) is 6.07 Å². The van der Waals surface area contributed by atoms with Crippen molar-refractivity contribution in [2.45, 2.75) is 38.3 Å². The molecule has 4 nitrogen and oxygen atoms in total. The lowest BCUT2D eigenvalue weighted by molar-refractivity contribution is -0.00427. The summed E-state index contributed by atoms with van der Waals surface area (Å²) in [6, 6.07) is 5.17. The highest BCUT2D eigenvalue weighted by molar-refractivity contribution is 6.16. The molecule has 3 radical (unpaired) electrons. The predicted octanol–water partition coefficient (Wildman–Crippen LogP) is 2.41. The molecule has 0 amide bonds. The van der Waals surface area contributed by atoms with Crippen molar-refractivity contribution >= 4 is 22.2 Å². The average molecular weight is 289 g/mol. The van der Waals surface area contributed by atoms with E-state index < -0.39 is 11.9 Å². The number of rotatable bonds is 4. The van der Waals surface area contributed by atoms with Crippen LogP contribution in [0.15, 0.2) is 18.2 Å². The van der Waals surface area contributed by atoms with Crippen molar-refractivity contribution in [2.75, 3.05) is 6.61 Å². The third-order valence-corrected chi connectivity index (χ3v) is 3.63. The lowest BCUT2D eigenvalue weighted by Gasteiger charge is -2.21. The first-order valence-electron chi connectivity index (χ1n) is 6.53. The van der Waals surface area contributed by atoms with E-state index in [1.54, 1.807) is 12.1 Å². The van der Waals surface area contributed by atoms with Gasteiger partial charge in [-0.25, -0.2) is 9.59 Å². The minimum absolute atomic E-state index is 0.0613. The largest absolute Gasteiger partial charge is 0.386 e. The Labute approximate surface area is 121 Å². The molecule has 1 atom stereocenters. The summed E-state index contributed by atoms with van der Waals surface area (Å²) in [4.78, 5) is 22.9. The Morgan fingerprint density at radius 3 is 2.50 bits per heavy atom. The third kappa shape index (κ3) is 3.35. The molecule has 2 rings (SSSR count). The van der Waals surface area contributed by atoms with Gasteiger partial charge in [0.1, 0.15) is 0 Å². The molecule has 1 aromatic carbocycles. The molecule has 1 unspecified atom stereocenters. The van der Waals surface area contributed by atoms with E-state index in [2.05, 4.69) is 15.0 Å². The van der Waals surface area contributed by atoms with E-state index in [4.69, 9.17) is 4.74 Å². The number of ether oxygens (including phenoxy) is 2. The van der Waals surface area contributed by atoms with Gasteiger partial charge in [0.05, 0.1) is 16.7 Å². The highest BCUT2D eigenvalue weighted by Crippen LogP contribution is 2.25. The summed E-state index contributed by atoms with van der Waals surface area (Å²) in [5.41, 5.74) is 1.51. The van der Waals surface area contributed by atoms with Crippen molar-refractivity contribution in [3.8, 4) is 0 Å². The second-order valence-corrected chi connectivity index (χ2v) is 6.48. The van der Waals surface area contributed by atoms with Crippen molar-refractivity contribution in [1.29, 1.82) is 0 Å². The summed E-state index contributed by atoms with van der Waals surface area (Å²) in [7, 11) is 3.64. The van der Waals surface area contributed by atoms with Gasteiger partial charge in [-0.2, -0.15) is 0 Å². The van der Waals surface area contributed by atoms with Gasteiger partial charge >= 0.3 is 11.9 Å². The number of carbonyl (C=O) groups is 2. The Balaban J connectivity index is 2.05. The number of hydrogen-bond acceptors (Lipinski definition) is 4. The van der Waals surface area contributed by atoms with Crippen molar-refractivity contribution in [3.05, 3.63) is 34.9 Å². The molecule has 0 aromatic heterocycles. The van der Waals surface area contributed by atoms with Crippen LogP contribution in [0.1, 0.15) is 59.0 Å². The Morgan fingerprint density at radius 2 is 1.85 bits per heavy atom. The van der Waals surface area contributed by atoms with Crippen LogP contribution in [0.4, 0.5) is 0 Å². The van der Waals surface area contributed by atoms with Gasteiger partial charge in [-0.3, -0.25) is 0 Å². The van der Waals surface area contributed by atoms with Gasteiger partial charge < -0.3 is 9.47 Å². The molecule has 0 bridgehead atoms. The second-order valence-electron chi connectivity index (χ2n) is 5.78. The Kier molecular flexibility index (Phi) is 4.11. The van der Waals surface area contributed by atoms with Gasteiger partial charge in [0.2, 0.25) is 0 Å². The van der Waals surface area contributed by atoms with E-state index in [0.717, 1.165) is 12.0 Å². The van der Waals surface area contributed by atoms with Gasteiger partial charge in [-0.05, 0) is 50.4 Å². The zero-order valence-corrected chi connectivity index (χ0v) is 12.9. The summed E-state index contributed by atoms with van der Waals surface area (Å²) < 4.78 is 10.2. The first-order valence-corrected chi connectivity index (χ1v) is 7.11. The minimum atomic E-state index is -0.573. The van der Waals surface area contributed by atoms with E-state index in [-0.39, 0.29) is 11.1 Å². The van der Waals surface area contributed by atoms with Gasteiger partial charge in [0.15, 0.2) is 0 Å². The lowest BCUT2D eigenvalue weighted by Crippen LogP contribution is -2.20. The molecule has 0 spiro atoms. The molecule has 1 aromatic rings. The number of carbonyl (C=O) groups excluding carboxylic acids is 2. The lowest BCUT2D eigenvalue weighted by atomic mass is 10.0. The van der Waals surface area contributed by atoms with Crippen molar-refractivity contribution in [2.24, 2.45) is 0 Å². The van der Waals surface area contributed by atoms with E-state index in [9.17, 15) is 9.59 Å². The predicted molar refractivity (Wildman–Crippen MR) is 75.0 cm³/mol. The highest BCUT2D eigenvalue weighted by atomic mass is 28.1. The van der Waals surface area contributed by atoms with Gasteiger partial charge in [0, 0.05) is 16.8 Å². The Morgan fingerprint density at radius 1 is 1.20 bits per heavy atom. The number of esters is 2. The molecule has 0 aliphatic carbocycles. The van der Waals surface area contributed by atoms with Crippen LogP contribution < -0.4 is 0 Å². The standard InChI is InChI=1S/C15H17O4Si/c1-15(2,3)18-7-6-12(20)9-4-5-10-11(8-9)14(17)19-13(10)16/h4-5,8,12H,6-7H2,1-3H3. The summed E-state index contributed by atoms with van der Waals surface area (Å²) >= 11 is 0. The van der Waals surface area contributed by atoms with Crippen LogP contribution >= 0.6 is 0 Å². The van der Waals surface area contributed by atoms with Crippen molar-refractivity contribution in [1.82, 2.24) is 0 Å². The van der Waals surface area contributed by atoms with Gasteiger partial charge in [0.25, 0.3) is 0 Å². The monoisotopic (exact) mass is 289 g/mol. The van der Waals surface area contributed by atoms with E-state index >= 15 is 0 Å². The maximum Gasteiger partial charge on any atom is 0.346 e. The zero-order valence-electron chi connectivity index (χ0n) is 11.9. The van der Waals surface area contributed by atoms with Gasteiger partial charge in [-0.15, -0.1) is 0 Å². The quantitative estimate of drug-likeness (QED) is 0.485. The molecule has 0 N–H and O–H groups in total. The summed E-state index contributed by atoms with van der Waals surface area (Å²) in [5, 5.41) is 0. The SMILES string of the molecule is CC(C)(C)OCCC([Si])c1ccc2c(c1)C(=O)OC2=O. The number of cyclic esters (lactones) is 2. The van der Waals surface area contributed by atoms with Crippen LogP contribution in [0, 0.1) is 0 Å². The maximum atomic E-state index is 11.5. The summed E-state index contributed by atoms with van der Waals surface area (Å²) in [5.74, 6) is -1.14. The number of fused-ring (bicyclic) bond motifs is 1. The Bertz CT molecular complexity index is 545. The summed E-state index contributed by atoms with van der Waals surface area (Å²) in [6.07, 6.45) is 0.774. The van der Waals surface area contributed by atoms with Crippen molar-refractivity contribution in [3.63, 3.8) is 0 Å². The topological polar surface area (TPSA) is 52.6 Å². The molecule has 20 heavy (non-hydrogen) atoms. The molecule has 5 heteroatoms. The van der Waals surface area contributed by atoms with Crippen LogP contribution in [0.25, 0.3) is 0 Å². The summed E-state index contributed by atoms with van der Waals surface area (Å²) in [6.45, 7) is 6.63. The third-order valence-electron chi connectivity index (χ3n) is 3.01. The molecular formula is C15H17O4Si. The van der Waals surface area contributed by atoms with Crippen LogP contribution in [-0.2, 0) is 9.47 Å². The highest BCUT2D eigenvalue weighted by Gasteiger charge is 2.30. The molecule has 1 aliphatic heterocycles. The van der Waals surface area contributed by atoms with Crippen LogP contribution in [0.3, 0.4) is 0 Å². The van der Waals surface area contributed by atoms with E-state index in [0.29, 0.717) is 17.7 Å². The smallest absolute Gasteiger partial charge is 0.346 e. The molecule has 105 valence electrons. The zero-order chi connectivity index (χ0) is 14.9. The minimum Gasteiger partial charge on any atom is -0.386 e.